The molecular weight excluding hydrogens is 471 g/mol. The molecule has 4 rings (SSSR count). The molecule has 0 aliphatic carbocycles. The summed E-state index contributed by atoms with van der Waals surface area (Å²) in [6, 6.07) is 26.1. The summed E-state index contributed by atoms with van der Waals surface area (Å²) >= 11 is 11.9. The van der Waals surface area contributed by atoms with Crippen molar-refractivity contribution in [2.75, 3.05) is 17.3 Å². The van der Waals surface area contributed by atoms with Gasteiger partial charge in [0, 0.05) is 51.0 Å². The first-order chi connectivity index (χ1) is 16.3. The summed E-state index contributed by atoms with van der Waals surface area (Å²) in [6.07, 6.45) is 0. The highest BCUT2D eigenvalue weighted by Gasteiger charge is 2.15. The van der Waals surface area contributed by atoms with Gasteiger partial charge in [-0.15, -0.1) is 0 Å². The molecule has 0 aromatic heterocycles. The van der Waals surface area contributed by atoms with Gasteiger partial charge in [-0.1, -0.05) is 23.2 Å². The maximum atomic E-state index is 13.2. The number of ketones is 1. The van der Waals surface area contributed by atoms with E-state index in [1.54, 1.807) is 42.5 Å². The molecule has 2 N–H and O–H groups in total. The first-order valence-electron chi connectivity index (χ1n) is 10.4. The quantitative estimate of drug-likeness (QED) is 0.263. The summed E-state index contributed by atoms with van der Waals surface area (Å²) in [6.45, 7) is 0. The molecule has 0 aliphatic heterocycles. The smallest absolute Gasteiger partial charge is 0.335 e. The van der Waals surface area contributed by atoms with Crippen molar-refractivity contribution in [3.05, 3.63) is 118 Å². The molecule has 4 aromatic rings. The maximum Gasteiger partial charge on any atom is 0.335 e. The molecule has 0 amide bonds. The summed E-state index contributed by atoms with van der Waals surface area (Å²) in [5.74, 6) is -1.39. The standard InChI is InChI=1S/C27H20Cl2N2O3/c1-31(25-12-6-21(29)7-13-25)24-10-2-17(3-11-24)26(32)18-14-19(27(33)34)16-23(15-18)30-22-8-4-20(28)5-9-22/h2-16,30H,1H3,(H,33,34). The molecule has 34 heavy (non-hydrogen) atoms. The molecule has 0 saturated carbocycles. The van der Waals surface area contributed by atoms with Crippen LogP contribution in [0.5, 0.6) is 0 Å². The van der Waals surface area contributed by atoms with Crippen LogP contribution in [0.15, 0.2) is 91.0 Å². The number of hydrogen-bond donors (Lipinski definition) is 2. The first-order valence-corrected chi connectivity index (χ1v) is 11.1. The molecule has 0 bridgehead atoms. The Morgan fingerprint density at radius 2 is 1.18 bits per heavy atom. The van der Waals surface area contributed by atoms with E-state index in [1.807, 2.05) is 48.3 Å². The average Bonchev–Trinajstić information content (AvgIpc) is 2.85. The largest absolute Gasteiger partial charge is 0.478 e. The minimum Gasteiger partial charge on any atom is -0.478 e. The SMILES string of the molecule is CN(c1ccc(Cl)cc1)c1ccc(C(=O)c2cc(Nc3ccc(Cl)cc3)cc(C(=O)O)c2)cc1. The number of rotatable bonds is 7. The molecule has 0 unspecified atom stereocenters. The van der Waals surface area contributed by atoms with Gasteiger partial charge in [-0.05, 0) is 91.0 Å². The van der Waals surface area contributed by atoms with Crippen LogP contribution in [0.1, 0.15) is 26.3 Å². The monoisotopic (exact) mass is 490 g/mol. The number of carboxylic acids is 1. The van der Waals surface area contributed by atoms with E-state index < -0.39 is 5.97 Å². The molecule has 5 nitrogen and oxygen atoms in total. The Kier molecular flexibility index (Phi) is 6.87. The molecule has 0 aliphatic rings. The second-order valence-corrected chi connectivity index (χ2v) is 8.52. The fourth-order valence-corrected chi connectivity index (χ4v) is 3.72. The second kappa shape index (κ2) is 10.00. The van der Waals surface area contributed by atoms with E-state index in [2.05, 4.69) is 5.32 Å². The van der Waals surface area contributed by atoms with E-state index in [0.717, 1.165) is 17.1 Å². The zero-order valence-electron chi connectivity index (χ0n) is 18.1. The topological polar surface area (TPSA) is 69.6 Å². The number of benzene rings is 4. The molecule has 0 fully saturated rings. The van der Waals surface area contributed by atoms with Crippen LogP contribution in [-0.4, -0.2) is 23.9 Å². The van der Waals surface area contributed by atoms with Crippen LogP contribution < -0.4 is 10.2 Å². The number of carbonyl (C=O) groups excluding carboxylic acids is 1. The van der Waals surface area contributed by atoms with Crippen molar-refractivity contribution in [2.45, 2.75) is 0 Å². The number of anilines is 4. The van der Waals surface area contributed by atoms with Crippen LogP contribution in [0.25, 0.3) is 0 Å². The van der Waals surface area contributed by atoms with Crippen molar-refractivity contribution >= 4 is 57.7 Å². The van der Waals surface area contributed by atoms with Gasteiger partial charge in [0.2, 0.25) is 0 Å². The van der Waals surface area contributed by atoms with E-state index in [9.17, 15) is 14.7 Å². The Balaban J connectivity index is 1.60. The summed E-state index contributed by atoms with van der Waals surface area (Å²) in [5.41, 5.74) is 3.80. The Morgan fingerprint density at radius 1 is 0.676 bits per heavy atom. The molecular formula is C27H20Cl2N2O3. The van der Waals surface area contributed by atoms with Crippen LogP contribution in [0.4, 0.5) is 22.7 Å². The first kappa shape index (κ1) is 23.4. The van der Waals surface area contributed by atoms with E-state index in [-0.39, 0.29) is 16.9 Å². The van der Waals surface area contributed by atoms with Crippen LogP contribution in [-0.2, 0) is 0 Å². The van der Waals surface area contributed by atoms with Gasteiger partial charge in [0.1, 0.15) is 0 Å². The predicted molar refractivity (Wildman–Crippen MR) is 138 cm³/mol. The van der Waals surface area contributed by atoms with Gasteiger partial charge in [-0.25, -0.2) is 4.79 Å². The minimum absolute atomic E-state index is 0.0152. The number of hydrogen-bond acceptors (Lipinski definition) is 4. The van der Waals surface area contributed by atoms with Crippen molar-refractivity contribution in [3.63, 3.8) is 0 Å². The fourth-order valence-electron chi connectivity index (χ4n) is 3.47. The van der Waals surface area contributed by atoms with E-state index in [1.165, 1.54) is 12.1 Å². The lowest BCUT2D eigenvalue weighted by molar-refractivity contribution is 0.0697. The highest BCUT2D eigenvalue weighted by Crippen LogP contribution is 2.27. The summed E-state index contributed by atoms with van der Waals surface area (Å²) in [5, 5.41) is 13.9. The number of halogens is 2. The average molecular weight is 491 g/mol. The molecule has 0 atom stereocenters. The van der Waals surface area contributed by atoms with Gasteiger partial charge in [-0.3, -0.25) is 4.79 Å². The molecule has 170 valence electrons. The van der Waals surface area contributed by atoms with Crippen LogP contribution in [0.3, 0.4) is 0 Å². The Hall–Kier alpha value is -3.80. The zero-order chi connectivity index (χ0) is 24.2. The fraction of sp³-hybridized carbons (Fsp3) is 0.0370. The van der Waals surface area contributed by atoms with Crippen LogP contribution >= 0.6 is 23.2 Å². The normalized spacial score (nSPS) is 10.6. The van der Waals surface area contributed by atoms with Crippen LogP contribution in [0, 0.1) is 0 Å². The Bertz CT molecular complexity index is 1340. The maximum absolute atomic E-state index is 13.2. The highest BCUT2D eigenvalue weighted by molar-refractivity contribution is 6.30. The van der Waals surface area contributed by atoms with Crippen molar-refractivity contribution in [1.29, 1.82) is 0 Å². The summed E-state index contributed by atoms with van der Waals surface area (Å²) in [4.78, 5) is 26.8. The van der Waals surface area contributed by atoms with Gasteiger partial charge in [0.25, 0.3) is 0 Å². The van der Waals surface area contributed by atoms with Crippen molar-refractivity contribution in [3.8, 4) is 0 Å². The summed E-state index contributed by atoms with van der Waals surface area (Å²) < 4.78 is 0. The molecule has 0 radical (unpaired) electrons. The third kappa shape index (κ3) is 5.39. The third-order valence-electron chi connectivity index (χ3n) is 5.31. The molecule has 4 aromatic carbocycles. The highest BCUT2D eigenvalue weighted by atomic mass is 35.5. The van der Waals surface area contributed by atoms with Crippen molar-refractivity contribution in [1.82, 2.24) is 0 Å². The predicted octanol–water partition coefficient (Wildman–Crippen LogP) is 7.43. The molecule has 0 spiro atoms. The Labute approximate surface area is 207 Å². The van der Waals surface area contributed by atoms with E-state index in [4.69, 9.17) is 23.2 Å². The lowest BCUT2D eigenvalue weighted by atomic mass is 10.00. The number of nitrogens with zero attached hydrogens (tertiary/aromatic N) is 1. The number of carbonyl (C=O) groups is 2. The van der Waals surface area contributed by atoms with E-state index in [0.29, 0.717) is 21.3 Å². The Morgan fingerprint density at radius 3 is 1.74 bits per heavy atom. The van der Waals surface area contributed by atoms with Crippen LogP contribution in [0.2, 0.25) is 10.0 Å². The second-order valence-electron chi connectivity index (χ2n) is 7.65. The van der Waals surface area contributed by atoms with Crippen molar-refractivity contribution < 1.29 is 14.7 Å². The lowest BCUT2D eigenvalue weighted by Crippen LogP contribution is -2.10. The molecule has 0 heterocycles. The third-order valence-corrected chi connectivity index (χ3v) is 5.81. The number of carboxylic acid groups (broad SMARTS) is 1. The molecule has 0 saturated heterocycles. The van der Waals surface area contributed by atoms with Gasteiger partial charge in [0.05, 0.1) is 5.56 Å². The van der Waals surface area contributed by atoms with E-state index >= 15 is 0 Å². The van der Waals surface area contributed by atoms with Gasteiger partial charge < -0.3 is 15.3 Å². The summed E-state index contributed by atoms with van der Waals surface area (Å²) in [7, 11) is 1.92. The zero-order valence-corrected chi connectivity index (χ0v) is 19.6. The van der Waals surface area contributed by atoms with Gasteiger partial charge >= 0.3 is 5.97 Å². The lowest BCUT2D eigenvalue weighted by Gasteiger charge is -2.20. The minimum atomic E-state index is -1.12. The number of nitrogens with one attached hydrogen (secondary N) is 1. The number of aromatic carboxylic acids is 1. The van der Waals surface area contributed by atoms with Crippen molar-refractivity contribution in [2.24, 2.45) is 0 Å². The van der Waals surface area contributed by atoms with Gasteiger partial charge in [0.15, 0.2) is 5.78 Å². The molecule has 7 heteroatoms. The van der Waals surface area contributed by atoms with Gasteiger partial charge in [-0.2, -0.15) is 0 Å².